The lowest BCUT2D eigenvalue weighted by molar-refractivity contribution is -0.0248. The highest BCUT2D eigenvalue weighted by molar-refractivity contribution is 5.19. The van der Waals surface area contributed by atoms with Crippen LogP contribution < -0.4 is 5.48 Å². The predicted molar refractivity (Wildman–Crippen MR) is 56.5 cm³/mol. The van der Waals surface area contributed by atoms with Crippen molar-refractivity contribution >= 4 is 0 Å². The molecule has 1 aliphatic rings. The van der Waals surface area contributed by atoms with Gasteiger partial charge in [-0.2, -0.15) is 5.48 Å². The largest absolute Gasteiger partial charge is 0.298 e. The van der Waals surface area contributed by atoms with E-state index in [4.69, 9.17) is 4.84 Å². The van der Waals surface area contributed by atoms with Gasteiger partial charge in [0.15, 0.2) is 11.6 Å². The maximum absolute atomic E-state index is 13.2. The van der Waals surface area contributed by atoms with Crippen molar-refractivity contribution in [3.8, 4) is 0 Å². The third-order valence-electron chi connectivity index (χ3n) is 2.90. The fraction of sp³-hybridized carbons (Fsp3) is 0.500. The highest BCUT2D eigenvalue weighted by atomic mass is 19.2. The van der Waals surface area contributed by atoms with Gasteiger partial charge in [0.1, 0.15) is 5.82 Å². The van der Waals surface area contributed by atoms with Crippen molar-refractivity contribution in [3.05, 3.63) is 35.1 Å². The van der Waals surface area contributed by atoms with E-state index in [1.165, 1.54) is 0 Å². The van der Waals surface area contributed by atoms with E-state index in [1.807, 2.05) is 0 Å². The van der Waals surface area contributed by atoms with Gasteiger partial charge >= 0.3 is 0 Å². The lowest BCUT2D eigenvalue weighted by Crippen LogP contribution is -2.22. The van der Waals surface area contributed by atoms with Gasteiger partial charge in [-0.15, -0.1) is 0 Å². The molecule has 17 heavy (non-hydrogen) atoms. The number of hydrogen-bond donors (Lipinski definition) is 1. The minimum Gasteiger partial charge on any atom is -0.298 e. The van der Waals surface area contributed by atoms with Crippen LogP contribution in [0.4, 0.5) is 13.2 Å². The maximum atomic E-state index is 13.2. The van der Waals surface area contributed by atoms with E-state index in [-0.39, 0.29) is 18.2 Å². The van der Waals surface area contributed by atoms with E-state index in [2.05, 4.69) is 5.48 Å². The molecule has 1 aromatic rings. The fourth-order valence-corrected chi connectivity index (χ4v) is 1.94. The molecule has 2 rings (SSSR count). The van der Waals surface area contributed by atoms with Crippen molar-refractivity contribution in [1.82, 2.24) is 5.48 Å². The summed E-state index contributed by atoms with van der Waals surface area (Å²) in [5.74, 6) is -3.00. The van der Waals surface area contributed by atoms with Crippen molar-refractivity contribution < 1.29 is 18.0 Å². The van der Waals surface area contributed by atoms with Crippen LogP contribution in [0.5, 0.6) is 0 Å². The van der Waals surface area contributed by atoms with Crippen LogP contribution in [-0.4, -0.2) is 6.10 Å². The van der Waals surface area contributed by atoms with Gasteiger partial charge in [0.2, 0.25) is 0 Å². The van der Waals surface area contributed by atoms with Crippen molar-refractivity contribution in [2.45, 2.75) is 38.3 Å². The van der Waals surface area contributed by atoms with Crippen molar-refractivity contribution in [2.75, 3.05) is 0 Å². The zero-order valence-corrected chi connectivity index (χ0v) is 9.31. The van der Waals surface area contributed by atoms with E-state index in [9.17, 15) is 13.2 Å². The average molecular weight is 245 g/mol. The molecule has 0 atom stereocenters. The highest BCUT2D eigenvalue weighted by Crippen LogP contribution is 2.20. The first kappa shape index (κ1) is 12.4. The maximum Gasteiger partial charge on any atom is 0.161 e. The molecule has 5 heteroatoms. The van der Waals surface area contributed by atoms with E-state index in [1.54, 1.807) is 0 Å². The molecule has 0 amide bonds. The summed E-state index contributed by atoms with van der Waals surface area (Å²) in [6.45, 7) is 0.0273. The molecule has 0 unspecified atom stereocenters. The fourth-order valence-electron chi connectivity index (χ4n) is 1.94. The van der Waals surface area contributed by atoms with E-state index in [0.29, 0.717) is 6.07 Å². The van der Waals surface area contributed by atoms with E-state index >= 15 is 0 Å². The van der Waals surface area contributed by atoms with Crippen LogP contribution in [0.2, 0.25) is 0 Å². The van der Waals surface area contributed by atoms with Crippen LogP contribution in [0, 0.1) is 17.5 Å². The molecule has 0 radical (unpaired) electrons. The second kappa shape index (κ2) is 5.51. The third-order valence-corrected chi connectivity index (χ3v) is 2.90. The monoisotopic (exact) mass is 245 g/mol. The normalized spacial score (nSPS) is 16.6. The molecule has 1 aromatic carbocycles. The van der Waals surface area contributed by atoms with Crippen LogP contribution in [0.1, 0.15) is 31.2 Å². The molecule has 1 N–H and O–H groups in total. The Kier molecular flexibility index (Phi) is 4.02. The van der Waals surface area contributed by atoms with Gasteiger partial charge in [-0.1, -0.05) is 12.8 Å². The summed E-state index contributed by atoms with van der Waals surface area (Å²) in [6, 6.07) is 1.39. The van der Waals surface area contributed by atoms with Crippen LogP contribution in [-0.2, 0) is 11.4 Å². The Morgan fingerprint density at radius 3 is 2.41 bits per heavy atom. The van der Waals surface area contributed by atoms with Crippen molar-refractivity contribution in [3.63, 3.8) is 0 Å². The first-order valence-electron chi connectivity index (χ1n) is 5.69. The van der Waals surface area contributed by atoms with Gasteiger partial charge in [-0.25, -0.2) is 13.2 Å². The quantitative estimate of drug-likeness (QED) is 0.650. The number of benzene rings is 1. The van der Waals surface area contributed by atoms with Gasteiger partial charge < -0.3 is 0 Å². The Morgan fingerprint density at radius 2 is 1.71 bits per heavy atom. The molecular formula is C12H14F3NO. The first-order valence-corrected chi connectivity index (χ1v) is 5.69. The molecule has 0 bridgehead atoms. The summed E-state index contributed by atoms with van der Waals surface area (Å²) in [5, 5.41) is 0. The Bertz CT molecular complexity index is 392. The summed E-state index contributed by atoms with van der Waals surface area (Å²) < 4.78 is 38.8. The SMILES string of the molecule is Fc1cc(F)c(CNOC2CCCC2)cc1F. The molecule has 1 fully saturated rings. The molecule has 0 aromatic heterocycles. The number of hydroxylamine groups is 1. The van der Waals surface area contributed by atoms with Gasteiger partial charge in [0.25, 0.3) is 0 Å². The van der Waals surface area contributed by atoms with E-state index in [0.717, 1.165) is 31.7 Å². The molecular weight excluding hydrogens is 231 g/mol. The molecule has 0 aliphatic heterocycles. The van der Waals surface area contributed by atoms with Gasteiger partial charge in [-0.3, -0.25) is 4.84 Å². The molecule has 1 saturated carbocycles. The van der Waals surface area contributed by atoms with Gasteiger partial charge in [0.05, 0.1) is 6.10 Å². The lowest BCUT2D eigenvalue weighted by atomic mass is 10.2. The van der Waals surface area contributed by atoms with Crippen LogP contribution in [0.3, 0.4) is 0 Å². The minimum absolute atomic E-state index is 0.0273. The minimum atomic E-state index is -1.18. The predicted octanol–water partition coefficient (Wildman–Crippen LogP) is 3.07. The first-order chi connectivity index (χ1) is 8.16. The molecule has 0 spiro atoms. The van der Waals surface area contributed by atoms with Gasteiger partial charge in [0, 0.05) is 18.2 Å². The molecule has 94 valence electrons. The smallest absolute Gasteiger partial charge is 0.161 e. The zero-order chi connectivity index (χ0) is 12.3. The standard InChI is InChI=1S/C12H14F3NO/c13-10-6-12(15)11(14)5-8(10)7-16-17-9-3-1-2-4-9/h5-6,9,16H,1-4,7H2. The van der Waals surface area contributed by atoms with Gasteiger partial charge in [-0.05, 0) is 18.9 Å². The Balaban J connectivity index is 1.87. The van der Waals surface area contributed by atoms with Crippen LogP contribution >= 0.6 is 0 Å². The Hall–Kier alpha value is -1.07. The average Bonchev–Trinajstić information content (AvgIpc) is 2.78. The summed E-state index contributed by atoms with van der Waals surface area (Å²) >= 11 is 0. The third kappa shape index (κ3) is 3.20. The highest BCUT2D eigenvalue weighted by Gasteiger charge is 2.16. The Morgan fingerprint density at radius 1 is 1.06 bits per heavy atom. The number of halogens is 3. The lowest BCUT2D eigenvalue weighted by Gasteiger charge is -2.12. The van der Waals surface area contributed by atoms with Crippen molar-refractivity contribution in [1.29, 1.82) is 0 Å². The Labute approximate surface area is 97.7 Å². The number of hydrogen-bond acceptors (Lipinski definition) is 2. The summed E-state index contributed by atoms with van der Waals surface area (Å²) in [7, 11) is 0. The van der Waals surface area contributed by atoms with Crippen LogP contribution in [0.15, 0.2) is 12.1 Å². The van der Waals surface area contributed by atoms with Crippen molar-refractivity contribution in [2.24, 2.45) is 0 Å². The summed E-state index contributed by atoms with van der Waals surface area (Å²) in [6.07, 6.45) is 4.36. The van der Waals surface area contributed by atoms with E-state index < -0.39 is 17.5 Å². The zero-order valence-electron chi connectivity index (χ0n) is 9.31. The molecule has 2 nitrogen and oxygen atoms in total. The summed E-state index contributed by atoms with van der Waals surface area (Å²) in [4.78, 5) is 5.30. The van der Waals surface area contributed by atoms with Crippen LogP contribution in [0.25, 0.3) is 0 Å². The second-order valence-corrected chi connectivity index (χ2v) is 4.20. The second-order valence-electron chi connectivity index (χ2n) is 4.20. The number of rotatable bonds is 4. The number of nitrogens with one attached hydrogen (secondary N) is 1. The topological polar surface area (TPSA) is 21.3 Å². The molecule has 0 saturated heterocycles. The summed E-state index contributed by atoms with van der Waals surface area (Å²) in [5.41, 5.74) is 2.66. The molecule has 0 heterocycles. The molecule has 1 aliphatic carbocycles.